The summed E-state index contributed by atoms with van der Waals surface area (Å²) >= 11 is 1.67. The first-order valence-corrected chi connectivity index (χ1v) is 10.8. The zero-order valence-electron chi connectivity index (χ0n) is 16.4. The first kappa shape index (κ1) is 20.1. The number of urea groups is 1. The SMILES string of the molecule is O=C(Nc1ccccc1)Nc1ccc(-c2cnc(C3CCC(C(=O)O)CC3)s2)cc1. The van der Waals surface area contributed by atoms with E-state index in [0.29, 0.717) is 11.6 Å². The summed E-state index contributed by atoms with van der Waals surface area (Å²) in [6.45, 7) is 0. The van der Waals surface area contributed by atoms with Gasteiger partial charge in [-0.05, 0) is 55.5 Å². The van der Waals surface area contributed by atoms with Crippen LogP contribution in [0.15, 0.2) is 60.8 Å². The third-order valence-corrected chi connectivity index (χ3v) is 6.62. The largest absolute Gasteiger partial charge is 0.481 e. The van der Waals surface area contributed by atoms with Gasteiger partial charge in [0.25, 0.3) is 0 Å². The van der Waals surface area contributed by atoms with Crippen molar-refractivity contribution in [2.75, 3.05) is 10.6 Å². The highest BCUT2D eigenvalue weighted by Crippen LogP contribution is 2.39. The van der Waals surface area contributed by atoms with E-state index >= 15 is 0 Å². The molecule has 30 heavy (non-hydrogen) atoms. The number of nitrogens with zero attached hydrogens (tertiary/aromatic N) is 1. The van der Waals surface area contributed by atoms with Crippen LogP contribution in [0.25, 0.3) is 10.4 Å². The molecule has 2 aromatic carbocycles. The fourth-order valence-electron chi connectivity index (χ4n) is 3.73. The van der Waals surface area contributed by atoms with Crippen LogP contribution in [0.5, 0.6) is 0 Å². The van der Waals surface area contributed by atoms with E-state index in [1.54, 1.807) is 11.3 Å². The highest BCUT2D eigenvalue weighted by molar-refractivity contribution is 7.15. The molecule has 6 nitrogen and oxygen atoms in total. The average Bonchev–Trinajstić information content (AvgIpc) is 3.25. The number of hydrogen-bond donors (Lipinski definition) is 3. The number of carboxylic acid groups (broad SMARTS) is 1. The van der Waals surface area contributed by atoms with Crippen molar-refractivity contribution in [1.82, 2.24) is 4.98 Å². The van der Waals surface area contributed by atoms with Gasteiger partial charge in [0.2, 0.25) is 0 Å². The minimum atomic E-state index is -0.681. The molecule has 3 N–H and O–H groups in total. The van der Waals surface area contributed by atoms with Gasteiger partial charge in [-0.2, -0.15) is 0 Å². The van der Waals surface area contributed by atoms with E-state index in [2.05, 4.69) is 15.6 Å². The summed E-state index contributed by atoms with van der Waals surface area (Å²) in [6, 6.07) is 16.7. The highest BCUT2D eigenvalue weighted by atomic mass is 32.1. The lowest BCUT2D eigenvalue weighted by Crippen LogP contribution is -2.20. The number of carbonyl (C=O) groups excluding carboxylic acids is 1. The molecule has 154 valence electrons. The van der Waals surface area contributed by atoms with E-state index in [9.17, 15) is 9.59 Å². The molecule has 0 spiro atoms. The normalized spacial score (nSPS) is 18.5. The van der Waals surface area contributed by atoms with Crippen LogP contribution in [0.3, 0.4) is 0 Å². The number of hydrogen-bond acceptors (Lipinski definition) is 4. The lowest BCUT2D eigenvalue weighted by molar-refractivity contribution is -0.142. The standard InChI is InChI=1S/C23H23N3O3S/c27-22(28)17-8-6-16(7-9-17)21-24-14-20(30-21)15-10-12-19(13-11-15)26-23(29)25-18-4-2-1-3-5-18/h1-5,10-14,16-17H,6-9H2,(H,27,28)(H2,25,26,29). The van der Waals surface area contributed by atoms with Crippen LogP contribution in [-0.2, 0) is 4.79 Å². The maximum absolute atomic E-state index is 12.1. The van der Waals surface area contributed by atoms with Gasteiger partial charge in [0.05, 0.1) is 15.8 Å². The third kappa shape index (κ3) is 4.86. The number of anilines is 2. The summed E-state index contributed by atoms with van der Waals surface area (Å²) in [5.41, 5.74) is 2.50. The quantitative estimate of drug-likeness (QED) is 0.485. The van der Waals surface area contributed by atoms with Crippen LogP contribution in [0.1, 0.15) is 36.6 Å². The Morgan fingerprint density at radius 2 is 1.53 bits per heavy atom. The van der Waals surface area contributed by atoms with Crippen molar-refractivity contribution in [3.63, 3.8) is 0 Å². The zero-order chi connectivity index (χ0) is 20.9. The van der Waals surface area contributed by atoms with Crippen LogP contribution < -0.4 is 10.6 Å². The highest BCUT2D eigenvalue weighted by Gasteiger charge is 2.28. The van der Waals surface area contributed by atoms with Gasteiger partial charge in [-0.1, -0.05) is 30.3 Å². The first-order chi connectivity index (χ1) is 14.6. The second-order valence-corrected chi connectivity index (χ2v) is 8.53. The Morgan fingerprint density at radius 3 is 2.17 bits per heavy atom. The predicted molar refractivity (Wildman–Crippen MR) is 119 cm³/mol. The lowest BCUT2D eigenvalue weighted by atomic mass is 9.82. The second-order valence-electron chi connectivity index (χ2n) is 7.47. The van der Waals surface area contributed by atoms with Gasteiger partial charge >= 0.3 is 12.0 Å². The van der Waals surface area contributed by atoms with E-state index in [1.165, 1.54) is 0 Å². The number of rotatable bonds is 5. The molecular formula is C23H23N3O3S. The van der Waals surface area contributed by atoms with Crippen molar-refractivity contribution >= 4 is 34.7 Å². The number of carboxylic acids is 1. The molecule has 3 aromatic rings. The lowest BCUT2D eigenvalue weighted by Gasteiger charge is -2.24. The topological polar surface area (TPSA) is 91.3 Å². The molecule has 7 heteroatoms. The van der Waals surface area contributed by atoms with Crippen molar-refractivity contribution in [2.24, 2.45) is 5.92 Å². The molecule has 1 aliphatic carbocycles. The van der Waals surface area contributed by atoms with Crippen molar-refractivity contribution < 1.29 is 14.7 Å². The first-order valence-electron chi connectivity index (χ1n) is 10.0. The summed E-state index contributed by atoms with van der Waals surface area (Å²) in [4.78, 5) is 28.9. The van der Waals surface area contributed by atoms with Gasteiger partial charge in [0.15, 0.2) is 0 Å². The van der Waals surface area contributed by atoms with Crippen LogP contribution in [-0.4, -0.2) is 22.1 Å². The van der Waals surface area contributed by atoms with Gasteiger partial charge in [0.1, 0.15) is 0 Å². The molecule has 1 fully saturated rings. The molecule has 4 rings (SSSR count). The summed E-state index contributed by atoms with van der Waals surface area (Å²) in [5, 5.41) is 15.9. The van der Waals surface area contributed by atoms with E-state index in [4.69, 9.17) is 5.11 Å². The molecule has 0 atom stereocenters. The van der Waals surface area contributed by atoms with Crippen LogP contribution in [0.4, 0.5) is 16.2 Å². The molecule has 0 radical (unpaired) electrons. The number of amides is 2. The number of para-hydroxylation sites is 1. The minimum absolute atomic E-state index is 0.209. The number of thiazole rings is 1. The smallest absolute Gasteiger partial charge is 0.323 e. The molecule has 0 unspecified atom stereocenters. The molecular weight excluding hydrogens is 398 g/mol. The van der Waals surface area contributed by atoms with Crippen molar-refractivity contribution in [3.05, 3.63) is 65.8 Å². The van der Waals surface area contributed by atoms with Crippen LogP contribution in [0.2, 0.25) is 0 Å². The molecule has 1 aromatic heterocycles. The number of benzene rings is 2. The zero-order valence-corrected chi connectivity index (χ0v) is 17.2. The van der Waals surface area contributed by atoms with Crippen molar-refractivity contribution in [2.45, 2.75) is 31.6 Å². The van der Waals surface area contributed by atoms with E-state index in [-0.39, 0.29) is 11.9 Å². The summed E-state index contributed by atoms with van der Waals surface area (Å²) < 4.78 is 0. The Kier molecular flexibility index (Phi) is 6.09. The fourth-order valence-corrected chi connectivity index (χ4v) is 4.82. The second kappa shape index (κ2) is 9.09. The summed E-state index contributed by atoms with van der Waals surface area (Å²) in [6.07, 6.45) is 5.08. The van der Waals surface area contributed by atoms with E-state index in [0.717, 1.165) is 46.8 Å². The van der Waals surface area contributed by atoms with Crippen LogP contribution >= 0.6 is 11.3 Å². The van der Waals surface area contributed by atoms with Crippen molar-refractivity contribution in [1.29, 1.82) is 0 Å². The Bertz CT molecular complexity index is 1010. The number of carbonyl (C=O) groups is 2. The Labute approximate surface area is 179 Å². The molecule has 0 aliphatic heterocycles. The monoisotopic (exact) mass is 421 g/mol. The number of aliphatic carboxylic acids is 1. The number of aromatic nitrogens is 1. The fraction of sp³-hybridized carbons (Fsp3) is 0.261. The Balaban J connectivity index is 1.35. The van der Waals surface area contributed by atoms with Gasteiger partial charge in [-0.15, -0.1) is 11.3 Å². The molecule has 0 bridgehead atoms. The Morgan fingerprint density at radius 1 is 0.900 bits per heavy atom. The maximum atomic E-state index is 12.1. The molecule has 1 heterocycles. The summed E-state index contributed by atoms with van der Waals surface area (Å²) in [5.74, 6) is -0.541. The van der Waals surface area contributed by atoms with Crippen molar-refractivity contribution in [3.8, 4) is 10.4 Å². The third-order valence-electron chi connectivity index (χ3n) is 5.41. The van der Waals surface area contributed by atoms with Gasteiger partial charge in [0, 0.05) is 23.5 Å². The molecule has 0 saturated heterocycles. The molecule has 2 amide bonds. The molecule has 1 saturated carbocycles. The van der Waals surface area contributed by atoms with E-state index < -0.39 is 5.97 Å². The minimum Gasteiger partial charge on any atom is -0.481 e. The Hall–Kier alpha value is -3.19. The average molecular weight is 422 g/mol. The molecule has 1 aliphatic rings. The van der Waals surface area contributed by atoms with Gasteiger partial charge in [-0.25, -0.2) is 9.78 Å². The van der Waals surface area contributed by atoms with Crippen LogP contribution in [0, 0.1) is 5.92 Å². The van der Waals surface area contributed by atoms with E-state index in [1.807, 2.05) is 60.8 Å². The maximum Gasteiger partial charge on any atom is 0.323 e. The van der Waals surface area contributed by atoms with Gasteiger partial charge in [-0.3, -0.25) is 4.79 Å². The predicted octanol–water partition coefficient (Wildman–Crippen LogP) is 5.81. The summed E-state index contributed by atoms with van der Waals surface area (Å²) in [7, 11) is 0. The van der Waals surface area contributed by atoms with Gasteiger partial charge < -0.3 is 15.7 Å². The number of nitrogens with one attached hydrogen (secondary N) is 2.